The number of ketones is 1. The van der Waals surface area contributed by atoms with E-state index >= 15 is 0 Å². The highest BCUT2D eigenvalue weighted by atomic mass is 19.1. The van der Waals surface area contributed by atoms with Gasteiger partial charge in [0, 0.05) is 19.5 Å². The third-order valence-corrected chi connectivity index (χ3v) is 4.63. The van der Waals surface area contributed by atoms with E-state index in [-0.39, 0.29) is 25.5 Å². The molecule has 1 saturated heterocycles. The summed E-state index contributed by atoms with van der Waals surface area (Å²) in [5.41, 5.74) is 10.8. The van der Waals surface area contributed by atoms with Gasteiger partial charge in [-0.25, -0.2) is 9.18 Å². The number of aliphatic imine (C=N–C) groups is 1. The third kappa shape index (κ3) is 15.4. The lowest BCUT2D eigenvalue weighted by Crippen LogP contribution is -2.49. The molecular weight excluding hydrogens is 499 g/mol. The lowest BCUT2D eigenvalue weighted by molar-refractivity contribution is -0.138. The fourth-order valence-corrected chi connectivity index (χ4v) is 2.95. The Morgan fingerprint density at radius 2 is 1.74 bits per heavy atom. The molecule has 0 spiro atoms. The maximum atomic E-state index is 12.3. The number of carbonyl (C=O) groups is 4. The van der Waals surface area contributed by atoms with Crippen molar-refractivity contribution in [2.75, 3.05) is 32.9 Å². The number of aliphatic hydroxyl groups is 1. The summed E-state index contributed by atoms with van der Waals surface area (Å²) in [4.78, 5) is 52.0. The van der Waals surface area contributed by atoms with Gasteiger partial charge < -0.3 is 36.8 Å². The van der Waals surface area contributed by atoms with Crippen LogP contribution in [0.3, 0.4) is 0 Å². The van der Waals surface area contributed by atoms with Crippen molar-refractivity contribution in [3.05, 3.63) is 35.9 Å². The Kier molecular flexibility index (Phi) is 18.3. The first-order valence-corrected chi connectivity index (χ1v) is 12.4. The van der Waals surface area contributed by atoms with Gasteiger partial charge >= 0.3 is 6.09 Å². The minimum Gasteiger partial charge on any atom is -0.445 e. The van der Waals surface area contributed by atoms with Crippen LogP contribution in [0.4, 0.5) is 9.18 Å². The number of β-amino-alcohol motifs (C(OH)–C–C–N with tert-alkyl or cyclic N) is 1. The van der Waals surface area contributed by atoms with Crippen molar-refractivity contribution in [2.24, 2.45) is 16.5 Å². The van der Waals surface area contributed by atoms with Crippen molar-refractivity contribution in [3.8, 4) is 0 Å². The van der Waals surface area contributed by atoms with Gasteiger partial charge in [-0.3, -0.25) is 19.4 Å². The van der Waals surface area contributed by atoms with Crippen molar-refractivity contribution in [1.82, 2.24) is 15.5 Å². The molecule has 1 heterocycles. The number of ether oxygens (including phenoxy) is 1. The van der Waals surface area contributed by atoms with E-state index in [1.807, 2.05) is 13.0 Å². The molecule has 0 aromatic heterocycles. The van der Waals surface area contributed by atoms with E-state index < -0.39 is 55.6 Å². The minimum absolute atomic E-state index is 0.0140. The van der Waals surface area contributed by atoms with Crippen molar-refractivity contribution in [1.29, 1.82) is 0 Å². The summed E-state index contributed by atoms with van der Waals surface area (Å²) in [6.07, 6.45) is 0.519. The van der Waals surface area contributed by atoms with Crippen LogP contribution in [0.2, 0.25) is 0 Å². The average molecular weight is 541 g/mol. The SMILES string of the molecule is CCC.CCCN=C(N)N.O=C(CF)CNC(=O)C1CC(O)CN1C(=O)CNC(=O)OCc1ccccc1. The Morgan fingerprint density at radius 3 is 2.26 bits per heavy atom. The van der Waals surface area contributed by atoms with E-state index in [1.54, 1.807) is 24.3 Å². The third-order valence-electron chi connectivity index (χ3n) is 4.63. The number of nitrogens with two attached hydrogens (primary N) is 2. The number of alkyl carbamates (subject to hydrolysis) is 1. The summed E-state index contributed by atoms with van der Waals surface area (Å²) in [5, 5.41) is 14.3. The number of guanidine groups is 1. The molecule has 2 atom stereocenters. The van der Waals surface area contributed by atoms with Crippen molar-refractivity contribution in [3.63, 3.8) is 0 Å². The molecule has 0 bridgehead atoms. The maximum absolute atomic E-state index is 12.3. The van der Waals surface area contributed by atoms with E-state index in [4.69, 9.17) is 16.2 Å². The summed E-state index contributed by atoms with van der Waals surface area (Å²) in [5.74, 6) is -1.88. The van der Waals surface area contributed by atoms with Gasteiger partial charge in [-0.05, 0) is 12.0 Å². The number of amides is 3. The van der Waals surface area contributed by atoms with E-state index in [0.717, 1.165) is 23.4 Å². The Balaban J connectivity index is 0.00000117. The van der Waals surface area contributed by atoms with E-state index in [2.05, 4.69) is 29.5 Å². The zero-order chi connectivity index (χ0) is 28.9. The second-order valence-corrected chi connectivity index (χ2v) is 8.27. The standard InChI is InChI=1S/C18H22FN3O6.C4H11N3.C3H8/c19-7-14(24)8-20-17(26)15-6-13(23)10-22(15)16(25)9-21-18(27)28-11-12-4-2-1-3-5-12;1-2-3-7-4(5)6;1-3-2/h1-5,13,15,23H,6-11H2,(H,20,26)(H,21,27);2-3H2,1H3,(H4,5,6,7);3H2,1-2H3. The number of hydrogen-bond donors (Lipinski definition) is 5. The Hall–Kier alpha value is -3.74. The highest BCUT2D eigenvalue weighted by Gasteiger charge is 2.38. The zero-order valence-corrected chi connectivity index (χ0v) is 22.3. The lowest BCUT2D eigenvalue weighted by atomic mass is 10.2. The number of rotatable bonds is 10. The number of benzene rings is 1. The number of carbonyl (C=O) groups excluding carboxylic acids is 4. The van der Waals surface area contributed by atoms with E-state index in [1.165, 1.54) is 6.42 Å². The van der Waals surface area contributed by atoms with Crippen LogP contribution in [0.1, 0.15) is 45.6 Å². The quantitative estimate of drug-likeness (QED) is 0.211. The van der Waals surface area contributed by atoms with Crippen molar-refractivity contribution in [2.45, 2.75) is 58.8 Å². The number of hydrogen-bond acceptors (Lipinski definition) is 7. The van der Waals surface area contributed by atoms with Gasteiger partial charge in [0.15, 0.2) is 11.7 Å². The summed E-state index contributed by atoms with van der Waals surface area (Å²) in [7, 11) is 0. The summed E-state index contributed by atoms with van der Waals surface area (Å²) in [6.45, 7) is 4.84. The fraction of sp³-hybridized carbons (Fsp3) is 0.560. The molecule has 12 nitrogen and oxygen atoms in total. The zero-order valence-electron chi connectivity index (χ0n) is 22.3. The molecule has 2 rings (SSSR count). The van der Waals surface area contributed by atoms with E-state index in [0.29, 0.717) is 0 Å². The molecule has 38 heavy (non-hydrogen) atoms. The van der Waals surface area contributed by atoms with Gasteiger partial charge in [-0.2, -0.15) is 0 Å². The molecule has 0 aliphatic carbocycles. The average Bonchev–Trinajstić information content (AvgIpc) is 3.30. The molecule has 7 N–H and O–H groups in total. The molecule has 1 aliphatic rings. The topological polar surface area (TPSA) is 189 Å². The first kappa shape index (κ1) is 34.3. The molecule has 1 fully saturated rings. The van der Waals surface area contributed by atoms with Crippen LogP contribution in [0.15, 0.2) is 35.3 Å². The number of nitrogens with one attached hydrogen (secondary N) is 2. The molecular formula is C25H41FN6O6. The second kappa shape index (κ2) is 20.3. The summed E-state index contributed by atoms with van der Waals surface area (Å²) < 4.78 is 17.2. The fourth-order valence-electron chi connectivity index (χ4n) is 2.95. The summed E-state index contributed by atoms with van der Waals surface area (Å²) in [6, 6.07) is 7.97. The van der Waals surface area contributed by atoms with Gasteiger partial charge in [0.2, 0.25) is 11.8 Å². The Morgan fingerprint density at radius 1 is 1.11 bits per heavy atom. The maximum Gasteiger partial charge on any atom is 0.407 e. The number of Topliss-reactive ketones (excluding diaryl/α,β-unsaturated/α-hetero) is 1. The van der Waals surface area contributed by atoms with E-state index in [9.17, 15) is 28.7 Å². The van der Waals surface area contributed by atoms with Gasteiger partial charge in [0.05, 0.1) is 12.6 Å². The molecule has 214 valence electrons. The van der Waals surface area contributed by atoms with Gasteiger partial charge in [0.1, 0.15) is 25.9 Å². The van der Waals surface area contributed by atoms with Crippen LogP contribution in [0.25, 0.3) is 0 Å². The number of likely N-dealkylation sites (tertiary alicyclic amines) is 1. The lowest BCUT2D eigenvalue weighted by Gasteiger charge is -2.23. The predicted octanol–water partition coefficient (Wildman–Crippen LogP) is 0.616. The monoisotopic (exact) mass is 540 g/mol. The molecule has 1 aromatic rings. The number of aliphatic hydroxyl groups excluding tert-OH is 1. The van der Waals surface area contributed by atoms with Crippen LogP contribution >= 0.6 is 0 Å². The number of alkyl halides is 1. The second-order valence-electron chi connectivity index (χ2n) is 8.27. The molecule has 13 heteroatoms. The van der Waals surface area contributed by atoms with Gasteiger partial charge in [0.25, 0.3) is 0 Å². The van der Waals surface area contributed by atoms with Crippen LogP contribution in [-0.4, -0.2) is 84.7 Å². The predicted molar refractivity (Wildman–Crippen MR) is 142 cm³/mol. The molecule has 3 amide bonds. The molecule has 2 unspecified atom stereocenters. The molecule has 1 aromatic carbocycles. The van der Waals surface area contributed by atoms with Crippen LogP contribution < -0.4 is 22.1 Å². The largest absolute Gasteiger partial charge is 0.445 e. The first-order valence-electron chi connectivity index (χ1n) is 12.4. The molecule has 0 radical (unpaired) electrons. The summed E-state index contributed by atoms with van der Waals surface area (Å²) >= 11 is 0. The Bertz CT molecular complexity index is 882. The van der Waals surface area contributed by atoms with Crippen LogP contribution in [0, 0.1) is 0 Å². The smallest absolute Gasteiger partial charge is 0.407 e. The van der Waals surface area contributed by atoms with Crippen molar-refractivity contribution >= 4 is 29.7 Å². The van der Waals surface area contributed by atoms with Crippen LogP contribution in [-0.2, 0) is 25.7 Å². The molecule has 0 saturated carbocycles. The Labute approximate surface area is 223 Å². The minimum atomic E-state index is -1.20. The van der Waals surface area contributed by atoms with Crippen LogP contribution in [0.5, 0.6) is 0 Å². The van der Waals surface area contributed by atoms with Crippen molar-refractivity contribution < 1.29 is 33.4 Å². The highest BCUT2D eigenvalue weighted by Crippen LogP contribution is 2.18. The number of nitrogens with zero attached hydrogens (tertiary/aromatic N) is 2. The van der Waals surface area contributed by atoms with Gasteiger partial charge in [-0.15, -0.1) is 0 Å². The molecule has 1 aliphatic heterocycles. The number of halogens is 1. The first-order chi connectivity index (χ1) is 18.1. The normalized spacial score (nSPS) is 15.6. The highest BCUT2D eigenvalue weighted by molar-refractivity contribution is 5.92. The van der Waals surface area contributed by atoms with Gasteiger partial charge in [-0.1, -0.05) is 57.5 Å².